The molecule has 266 valence electrons. The molecule has 7 rings (SSSR count). The Kier molecular flexibility index (Phi) is 8.89. The van der Waals surface area contributed by atoms with E-state index in [4.69, 9.17) is 9.47 Å². The number of imide groups is 1. The van der Waals surface area contributed by atoms with Crippen LogP contribution in [0.5, 0.6) is 5.75 Å². The number of amides is 4. The van der Waals surface area contributed by atoms with Crippen LogP contribution in [0.1, 0.15) is 23.6 Å². The number of ether oxygens (including phenoxy) is 2. The smallest absolute Gasteiger partial charge is 0.471 e. The summed E-state index contributed by atoms with van der Waals surface area (Å²) in [7, 11) is 5.31. The minimum Gasteiger partial charge on any atom is -0.495 e. The van der Waals surface area contributed by atoms with E-state index in [-0.39, 0.29) is 48.4 Å². The quantitative estimate of drug-likeness (QED) is 0.331. The van der Waals surface area contributed by atoms with E-state index in [1.165, 1.54) is 24.1 Å². The number of rotatable bonds is 9. The van der Waals surface area contributed by atoms with Crippen molar-refractivity contribution in [2.24, 2.45) is 5.92 Å². The highest BCUT2D eigenvalue weighted by Crippen LogP contribution is 2.56. The normalized spacial score (nSPS) is 24.2. The first kappa shape index (κ1) is 34.1. The van der Waals surface area contributed by atoms with Crippen molar-refractivity contribution in [1.29, 1.82) is 0 Å². The van der Waals surface area contributed by atoms with Crippen molar-refractivity contribution >= 4 is 40.0 Å². The Balaban J connectivity index is 1.21. The maximum Gasteiger partial charge on any atom is 0.471 e. The second kappa shape index (κ2) is 13.1. The molecule has 4 amide bonds. The third-order valence-electron chi connectivity index (χ3n) is 10.6. The Morgan fingerprint density at radius 1 is 1.02 bits per heavy atom. The number of urea groups is 1. The summed E-state index contributed by atoms with van der Waals surface area (Å²) in [6, 6.07) is 16.4. The van der Waals surface area contributed by atoms with Crippen molar-refractivity contribution in [3.05, 3.63) is 65.7 Å². The lowest BCUT2D eigenvalue weighted by Gasteiger charge is -2.33. The number of benzene rings is 3. The minimum atomic E-state index is -5.06. The molecule has 0 bridgehead atoms. The molecule has 3 atom stereocenters. The SMILES string of the molecule is COc1ccc(CN2C[C@H]3CC(c4ccc(N(C)C)c5ccccc45)N4C(=O)N(CCN5CCOCC5)C(=O)[C@@]34C2)cc1NC(=O)C(F)(F)F. The van der Waals surface area contributed by atoms with Gasteiger partial charge in [-0.15, -0.1) is 0 Å². The van der Waals surface area contributed by atoms with Gasteiger partial charge in [-0.25, -0.2) is 4.79 Å². The van der Waals surface area contributed by atoms with Gasteiger partial charge < -0.3 is 24.6 Å². The van der Waals surface area contributed by atoms with Crippen molar-refractivity contribution in [3.63, 3.8) is 0 Å². The Bertz CT molecular complexity index is 1810. The highest BCUT2D eigenvalue weighted by molar-refractivity contribution is 6.09. The molecular weight excluding hydrogens is 653 g/mol. The Labute approximate surface area is 288 Å². The van der Waals surface area contributed by atoms with Crippen LogP contribution in [0, 0.1) is 5.92 Å². The molecule has 0 radical (unpaired) electrons. The number of methoxy groups -OCH3 is 1. The number of likely N-dealkylation sites (tertiary alicyclic amines) is 1. The topological polar surface area (TPSA) is 97.9 Å². The lowest BCUT2D eigenvalue weighted by atomic mass is 9.87. The number of nitrogens with one attached hydrogen (secondary N) is 1. The van der Waals surface area contributed by atoms with E-state index in [1.54, 1.807) is 6.07 Å². The zero-order valence-corrected chi connectivity index (χ0v) is 28.3. The fraction of sp³-hybridized carbons (Fsp3) is 0.472. The van der Waals surface area contributed by atoms with Crippen LogP contribution in [0.25, 0.3) is 10.8 Å². The van der Waals surface area contributed by atoms with Gasteiger partial charge in [0.05, 0.1) is 32.1 Å². The summed E-state index contributed by atoms with van der Waals surface area (Å²) in [5.41, 5.74) is 1.51. The number of carbonyl (C=O) groups excluding carboxylic acids is 3. The predicted molar refractivity (Wildman–Crippen MR) is 181 cm³/mol. The predicted octanol–water partition coefficient (Wildman–Crippen LogP) is 4.33. The number of fused-ring (bicyclic) bond motifs is 1. The van der Waals surface area contributed by atoms with Crippen molar-refractivity contribution in [1.82, 2.24) is 19.6 Å². The van der Waals surface area contributed by atoms with E-state index in [1.807, 2.05) is 36.4 Å². The largest absolute Gasteiger partial charge is 0.495 e. The summed E-state index contributed by atoms with van der Waals surface area (Å²) in [5, 5.41) is 4.02. The van der Waals surface area contributed by atoms with E-state index in [2.05, 4.69) is 39.0 Å². The molecule has 50 heavy (non-hydrogen) atoms. The Morgan fingerprint density at radius 2 is 1.76 bits per heavy atom. The molecule has 4 aliphatic heterocycles. The van der Waals surface area contributed by atoms with Crippen LogP contribution in [0.2, 0.25) is 0 Å². The van der Waals surface area contributed by atoms with Gasteiger partial charge in [0, 0.05) is 76.9 Å². The lowest BCUT2D eigenvalue weighted by molar-refractivity contribution is -0.167. The van der Waals surface area contributed by atoms with Crippen LogP contribution in [0.15, 0.2) is 54.6 Å². The van der Waals surface area contributed by atoms with Crippen LogP contribution in [0.3, 0.4) is 0 Å². The summed E-state index contributed by atoms with van der Waals surface area (Å²) in [6.07, 6.45) is -4.47. The third-order valence-corrected chi connectivity index (χ3v) is 10.6. The molecule has 0 aliphatic carbocycles. The first-order chi connectivity index (χ1) is 23.9. The average Bonchev–Trinajstić information content (AvgIpc) is 3.67. The molecule has 3 aromatic rings. The van der Waals surface area contributed by atoms with Gasteiger partial charge in [0.15, 0.2) is 0 Å². The molecule has 11 nitrogen and oxygen atoms in total. The van der Waals surface area contributed by atoms with Gasteiger partial charge in [-0.2, -0.15) is 13.2 Å². The Hall–Kier alpha value is -4.40. The Morgan fingerprint density at radius 3 is 2.46 bits per heavy atom. The molecule has 0 aromatic heterocycles. The zero-order chi connectivity index (χ0) is 35.4. The zero-order valence-electron chi connectivity index (χ0n) is 28.3. The average molecular weight is 695 g/mol. The molecule has 4 aliphatic rings. The molecule has 4 saturated heterocycles. The highest BCUT2D eigenvalue weighted by Gasteiger charge is 2.70. The van der Waals surface area contributed by atoms with Gasteiger partial charge >= 0.3 is 18.1 Å². The molecule has 1 unspecified atom stereocenters. The van der Waals surface area contributed by atoms with Crippen molar-refractivity contribution < 1.29 is 37.0 Å². The second-order valence-electron chi connectivity index (χ2n) is 13.7. The number of alkyl halides is 3. The number of halogens is 3. The number of hydrogen-bond donors (Lipinski definition) is 1. The van der Waals surface area contributed by atoms with Gasteiger partial charge in [0.2, 0.25) is 0 Å². The van der Waals surface area contributed by atoms with E-state index in [0.29, 0.717) is 44.8 Å². The van der Waals surface area contributed by atoms with Crippen molar-refractivity contribution in [2.75, 3.05) is 83.9 Å². The first-order valence-electron chi connectivity index (χ1n) is 16.8. The number of carbonyl (C=O) groups is 3. The standard InChI is InChI=1S/C36H41F3N6O5/c1-41(2)29-10-9-27(25-6-4-5-7-26(25)29)30-19-24-21-43(20-23-8-11-31(49-3)28(18-23)40-32(46)36(37,38)39)22-35(24)33(47)44(34(48)45(30)35)13-12-42-14-16-50-17-15-42/h4-11,18,24,30H,12-17,19-22H2,1-3H3,(H,40,46)/t24-,30?,35-/m1/s1. The summed E-state index contributed by atoms with van der Waals surface area (Å²) in [5.74, 6) is -2.38. The van der Waals surface area contributed by atoms with Crippen LogP contribution < -0.4 is 15.0 Å². The van der Waals surface area contributed by atoms with E-state index in [0.717, 1.165) is 35.1 Å². The van der Waals surface area contributed by atoms with E-state index in [9.17, 15) is 27.6 Å². The highest BCUT2D eigenvalue weighted by atomic mass is 19.4. The van der Waals surface area contributed by atoms with Gasteiger partial charge in [0.25, 0.3) is 5.91 Å². The number of hydrogen-bond acceptors (Lipinski definition) is 8. The van der Waals surface area contributed by atoms with Gasteiger partial charge in [-0.3, -0.25) is 24.3 Å². The van der Waals surface area contributed by atoms with Crippen LogP contribution in [-0.2, 0) is 20.9 Å². The molecule has 3 aromatic carbocycles. The summed E-state index contributed by atoms with van der Waals surface area (Å²) >= 11 is 0. The maximum absolute atomic E-state index is 14.6. The molecule has 4 fully saturated rings. The van der Waals surface area contributed by atoms with Gasteiger partial charge in [-0.1, -0.05) is 36.4 Å². The van der Waals surface area contributed by atoms with Crippen LogP contribution in [0.4, 0.5) is 29.3 Å². The molecule has 4 heterocycles. The number of anilines is 2. The minimum absolute atomic E-state index is 0.0947. The van der Waals surface area contributed by atoms with E-state index >= 15 is 0 Å². The molecule has 1 spiro atoms. The van der Waals surface area contributed by atoms with Gasteiger partial charge in [0.1, 0.15) is 11.3 Å². The fourth-order valence-corrected chi connectivity index (χ4v) is 8.33. The number of morpholine rings is 1. The van der Waals surface area contributed by atoms with E-state index < -0.39 is 17.6 Å². The summed E-state index contributed by atoms with van der Waals surface area (Å²) < 4.78 is 49.9. The first-order valence-corrected chi connectivity index (χ1v) is 16.8. The molecule has 0 saturated carbocycles. The maximum atomic E-state index is 14.6. The second-order valence-corrected chi connectivity index (χ2v) is 13.7. The third kappa shape index (κ3) is 5.82. The number of nitrogens with zero attached hydrogens (tertiary/aromatic N) is 5. The molecule has 1 N–H and O–H groups in total. The fourth-order valence-electron chi connectivity index (χ4n) is 8.33. The van der Waals surface area contributed by atoms with Crippen LogP contribution >= 0.6 is 0 Å². The summed E-state index contributed by atoms with van der Waals surface area (Å²) in [6.45, 7) is 4.61. The van der Waals surface area contributed by atoms with Crippen LogP contribution in [-0.4, -0.2) is 123 Å². The summed E-state index contributed by atoms with van der Waals surface area (Å²) in [4.78, 5) is 50.5. The molecular formula is C36H41F3N6O5. The monoisotopic (exact) mass is 694 g/mol. The lowest BCUT2D eigenvalue weighted by Crippen LogP contribution is -2.51. The van der Waals surface area contributed by atoms with Crippen molar-refractivity contribution in [2.45, 2.75) is 30.7 Å². The van der Waals surface area contributed by atoms with Crippen molar-refractivity contribution in [3.8, 4) is 5.75 Å². The van der Waals surface area contributed by atoms with Gasteiger partial charge in [-0.05, 0) is 41.1 Å². The molecule has 14 heteroatoms.